The molecule has 14 heavy (non-hydrogen) atoms. The molecule has 0 N–H and O–H groups in total. The van der Waals surface area contributed by atoms with E-state index >= 15 is 0 Å². The van der Waals surface area contributed by atoms with Crippen LogP contribution in [0.4, 0.5) is 0 Å². The van der Waals surface area contributed by atoms with Gasteiger partial charge in [-0.15, -0.1) is 0 Å². The number of isocyanates is 1. The van der Waals surface area contributed by atoms with Gasteiger partial charge in [-0.25, -0.2) is 9.79 Å². The van der Waals surface area contributed by atoms with E-state index in [-0.39, 0.29) is 0 Å². The van der Waals surface area contributed by atoms with Crippen molar-refractivity contribution >= 4 is 6.08 Å². The van der Waals surface area contributed by atoms with Crippen LogP contribution in [-0.2, 0) is 11.3 Å². The zero-order chi connectivity index (χ0) is 9.80. The molecule has 0 spiro atoms. The van der Waals surface area contributed by atoms with Crippen molar-refractivity contribution in [3.63, 3.8) is 0 Å². The third-order valence-corrected chi connectivity index (χ3v) is 2.05. The van der Waals surface area contributed by atoms with Crippen LogP contribution < -0.4 is 4.74 Å². The van der Waals surface area contributed by atoms with E-state index in [1.54, 1.807) is 0 Å². The molecule has 1 aliphatic rings. The van der Waals surface area contributed by atoms with E-state index in [0.29, 0.717) is 12.6 Å². The second-order valence-corrected chi connectivity index (χ2v) is 3.37. The summed E-state index contributed by atoms with van der Waals surface area (Å²) in [6.07, 6.45) is 4.22. The quantitative estimate of drug-likeness (QED) is 0.537. The fourth-order valence-electron chi connectivity index (χ4n) is 1.22. The SMILES string of the molecule is O=C=NCc1cccc(OC2CC2)c1. The van der Waals surface area contributed by atoms with E-state index in [1.165, 1.54) is 6.08 Å². The van der Waals surface area contributed by atoms with Crippen molar-refractivity contribution in [3.8, 4) is 5.75 Å². The largest absolute Gasteiger partial charge is 0.490 e. The maximum atomic E-state index is 9.93. The lowest BCUT2D eigenvalue weighted by atomic mass is 10.2. The van der Waals surface area contributed by atoms with Gasteiger partial charge in [-0.05, 0) is 30.5 Å². The highest BCUT2D eigenvalue weighted by Gasteiger charge is 2.23. The predicted molar refractivity (Wildman–Crippen MR) is 51.9 cm³/mol. The molecular formula is C11H11NO2. The molecule has 3 nitrogen and oxygen atoms in total. The minimum atomic E-state index is 0.380. The maximum absolute atomic E-state index is 9.93. The molecule has 3 heteroatoms. The predicted octanol–water partition coefficient (Wildman–Crippen LogP) is 2.06. The van der Waals surface area contributed by atoms with Crippen LogP contribution in [0.15, 0.2) is 29.3 Å². The number of hydrogen-bond acceptors (Lipinski definition) is 3. The Bertz CT molecular complexity index is 365. The van der Waals surface area contributed by atoms with Gasteiger partial charge in [-0.3, -0.25) is 0 Å². The second kappa shape index (κ2) is 4.07. The minimum absolute atomic E-state index is 0.380. The number of rotatable bonds is 4. The fourth-order valence-corrected chi connectivity index (χ4v) is 1.22. The third kappa shape index (κ3) is 2.44. The highest BCUT2D eigenvalue weighted by Crippen LogP contribution is 2.27. The first-order chi connectivity index (χ1) is 6.88. The Labute approximate surface area is 82.4 Å². The summed E-state index contributed by atoms with van der Waals surface area (Å²) in [4.78, 5) is 13.4. The van der Waals surface area contributed by atoms with Crippen LogP contribution in [0.3, 0.4) is 0 Å². The highest BCUT2D eigenvalue weighted by molar-refractivity contribution is 5.35. The van der Waals surface area contributed by atoms with Crippen LogP contribution in [0, 0.1) is 0 Å². The molecule has 2 rings (SSSR count). The van der Waals surface area contributed by atoms with Gasteiger partial charge in [0.25, 0.3) is 0 Å². The van der Waals surface area contributed by atoms with Crippen LogP contribution in [0.5, 0.6) is 5.75 Å². The molecule has 0 atom stereocenters. The smallest absolute Gasteiger partial charge is 0.235 e. The second-order valence-electron chi connectivity index (χ2n) is 3.37. The van der Waals surface area contributed by atoms with Gasteiger partial charge in [-0.2, -0.15) is 0 Å². The first kappa shape index (κ1) is 8.97. The molecule has 0 radical (unpaired) electrons. The molecule has 1 saturated carbocycles. The van der Waals surface area contributed by atoms with E-state index in [2.05, 4.69) is 4.99 Å². The summed E-state index contributed by atoms with van der Waals surface area (Å²) in [5.74, 6) is 0.867. The van der Waals surface area contributed by atoms with E-state index < -0.39 is 0 Å². The Morgan fingerprint density at radius 2 is 2.36 bits per heavy atom. The van der Waals surface area contributed by atoms with Crippen LogP contribution in [0.2, 0.25) is 0 Å². The van der Waals surface area contributed by atoms with Gasteiger partial charge in [0.05, 0.1) is 12.6 Å². The zero-order valence-corrected chi connectivity index (χ0v) is 7.77. The summed E-state index contributed by atoms with van der Waals surface area (Å²) in [5.41, 5.74) is 0.978. The van der Waals surface area contributed by atoms with Crippen molar-refractivity contribution in [2.45, 2.75) is 25.5 Å². The molecule has 72 valence electrons. The van der Waals surface area contributed by atoms with Crippen LogP contribution in [0.1, 0.15) is 18.4 Å². The lowest BCUT2D eigenvalue weighted by Crippen LogP contribution is -1.96. The molecule has 0 saturated heterocycles. The van der Waals surface area contributed by atoms with E-state index in [9.17, 15) is 4.79 Å². The molecule has 0 aliphatic heterocycles. The van der Waals surface area contributed by atoms with E-state index in [0.717, 1.165) is 24.2 Å². The summed E-state index contributed by atoms with van der Waals surface area (Å²) in [6, 6.07) is 7.67. The molecule has 0 unspecified atom stereocenters. The van der Waals surface area contributed by atoms with Crippen molar-refractivity contribution in [2.75, 3.05) is 0 Å². The van der Waals surface area contributed by atoms with E-state index in [4.69, 9.17) is 4.74 Å². The molecule has 0 bridgehead atoms. The van der Waals surface area contributed by atoms with Crippen LogP contribution >= 0.6 is 0 Å². The summed E-state index contributed by atoms with van der Waals surface area (Å²) in [5, 5.41) is 0. The Hall–Kier alpha value is -1.60. The van der Waals surface area contributed by atoms with Crippen molar-refractivity contribution in [1.29, 1.82) is 0 Å². The van der Waals surface area contributed by atoms with Gasteiger partial charge >= 0.3 is 0 Å². The third-order valence-electron chi connectivity index (χ3n) is 2.05. The van der Waals surface area contributed by atoms with Gasteiger partial charge in [0.15, 0.2) is 0 Å². The van der Waals surface area contributed by atoms with Crippen LogP contribution in [0.25, 0.3) is 0 Å². The first-order valence-electron chi connectivity index (χ1n) is 4.68. The maximum Gasteiger partial charge on any atom is 0.235 e. The van der Waals surface area contributed by atoms with Gasteiger partial charge < -0.3 is 4.74 Å². The van der Waals surface area contributed by atoms with Crippen LogP contribution in [-0.4, -0.2) is 12.2 Å². The van der Waals surface area contributed by atoms with Crippen molar-refractivity contribution < 1.29 is 9.53 Å². The Kier molecular flexibility index (Phi) is 2.61. The number of ether oxygens (including phenoxy) is 1. The highest BCUT2D eigenvalue weighted by atomic mass is 16.5. The standard InChI is InChI=1S/C11H11NO2/c13-8-12-7-9-2-1-3-11(6-9)14-10-4-5-10/h1-3,6,10H,4-5,7H2. The average molecular weight is 189 g/mol. The first-order valence-corrected chi connectivity index (χ1v) is 4.68. The Balaban J connectivity index is 2.04. The molecule has 0 heterocycles. The van der Waals surface area contributed by atoms with Crippen molar-refractivity contribution in [3.05, 3.63) is 29.8 Å². The Morgan fingerprint density at radius 3 is 3.07 bits per heavy atom. The Morgan fingerprint density at radius 1 is 1.50 bits per heavy atom. The lowest BCUT2D eigenvalue weighted by molar-refractivity contribution is 0.303. The number of carbonyl (C=O) groups excluding carboxylic acids is 1. The number of hydrogen-bond donors (Lipinski definition) is 0. The minimum Gasteiger partial charge on any atom is -0.490 e. The normalized spacial score (nSPS) is 14.6. The number of nitrogens with zero attached hydrogens (tertiary/aromatic N) is 1. The van der Waals surface area contributed by atoms with Crippen molar-refractivity contribution in [1.82, 2.24) is 0 Å². The number of benzene rings is 1. The molecule has 1 aromatic rings. The molecule has 0 amide bonds. The lowest BCUT2D eigenvalue weighted by Gasteiger charge is -2.04. The molecule has 1 aromatic carbocycles. The monoisotopic (exact) mass is 189 g/mol. The van der Waals surface area contributed by atoms with Gasteiger partial charge in [0, 0.05) is 0 Å². The van der Waals surface area contributed by atoms with E-state index in [1.807, 2.05) is 24.3 Å². The van der Waals surface area contributed by atoms with Gasteiger partial charge in [0.1, 0.15) is 5.75 Å². The molecule has 1 aliphatic carbocycles. The van der Waals surface area contributed by atoms with Gasteiger partial charge in [-0.1, -0.05) is 12.1 Å². The zero-order valence-electron chi connectivity index (χ0n) is 7.77. The topological polar surface area (TPSA) is 38.7 Å². The summed E-state index contributed by atoms with van der Waals surface area (Å²) < 4.78 is 5.61. The molecule has 0 aromatic heterocycles. The molecular weight excluding hydrogens is 178 g/mol. The summed E-state index contributed by atoms with van der Waals surface area (Å²) >= 11 is 0. The average Bonchev–Trinajstić information content (AvgIpc) is 2.99. The molecule has 1 fully saturated rings. The summed E-state index contributed by atoms with van der Waals surface area (Å²) in [6.45, 7) is 0.380. The number of aliphatic imine (C=N–C) groups is 1. The fraction of sp³-hybridized carbons (Fsp3) is 0.364. The summed E-state index contributed by atoms with van der Waals surface area (Å²) in [7, 11) is 0. The van der Waals surface area contributed by atoms with Gasteiger partial charge in [0.2, 0.25) is 6.08 Å². The van der Waals surface area contributed by atoms with Crippen molar-refractivity contribution in [2.24, 2.45) is 4.99 Å².